The van der Waals surface area contributed by atoms with Crippen LogP contribution in [0.2, 0.25) is 0 Å². The van der Waals surface area contributed by atoms with Gasteiger partial charge >= 0.3 is 0 Å². The number of aromatic nitrogens is 2. The van der Waals surface area contributed by atoms with E-state index in [2.05, 4.69) is 20.8 Å². The van der Waals surface area contributed by atoms with Crippen molar-refractivity contribution in [3.05, 3.63) is 22.1 Å². The molecule has 6 heteroatoms. The highest BCUT2D eigenvalue weighted by Crippen LogP contribution is 2.26. The molecule has 0 amide bonds. The third-order valence-electron chi connectivity index (χ3n) is 2.74. The van der Waals surface area contributed by atoms with Gasteiger partial charge in [-0.3, -0.25) is 0 Å². The summed E-state index contributed by atoms with van der Waals surface area (Å²) in [6.07, 6.45) is -0.0970. The highest BCUT2D eigenvalue weighted by molar-refractivity contribution is 7.08. The van der Waals surface area contributed by atoms with Crippen molar-refractivity contribution < 1.29 is 9.26 Å². The van der Waals surface area contributed by atoms with Gasteiger partial charge < -0.3 is 14.6 Å². The molecule has 17 heavy (non-hydrogen) atoms. The van der Waals surface area contributed by atoms with Gasteiger partial charge in [0.05, 0.1) is 12.2 Å². The molecule has 1 aliphatic heterocycles. The number of hydrogen-bond acceptors (Lipinski definition) is 6. The highest BCUT2D eigenvalue weighted by atomic mass is 32.1. The maximum atomic E-state index is 5.58. The summed E-state index contributed by atoms with van der Waals surface area (Å²) in [5, 5.41) is 11.3. The molecule has 3 heterocycles. The first kappa shape index (κ1) is 10.9. The zero-order chi connectivity index (χ0) is 11.7. The smallest absolute Gasteiger partial charge is 0.259 e. The van der Waals surface area contributed by atoms with E-state index in [1.807, 2.05) is 12.3 Å². The van der Waals surface area contributed by atoms with Crippen LogP contribution in [0, 0.1) is 6.92 Å². The van der Waals surface area contributed by atoms with E-state index in [1.165, 1.54) is 0 Å². The second-order valence-electron chi connectivity index (χ2n) is 3.99. The summed E-state index contributed by atoms with van der Waals surface area (Å²) in [7, 11) is 0. The minimum absolute atomic E-state index is 0.0970. The van der Waals surface area contributed by atoms with Crippen LogP contribution in [0.1, 0.15) is 17.5 Å². The molecular formula is C11H13N3O2S. The third-order valence-corrected chi connectivity index (χ3v) is 3.60. The lowest BCUT2D eigenvalue weighted by Crippen LogP contribution is -2.33. The zero-order valence-electron chi connectivity index (χ0n) is 9.47. The number of nitrogens with one attached hydrogen (secondary N) is 1. The van der Waals surface area contributed by atoms with Crippen molar-refractivity contribution >= 4 is 11.3 Å². The lowest BCUT2D eigenvalue weighted by Gasteiger charge is -2.20. The zero-order valence-corrected chi connectivity index (χ0v) is 10.3. The second-order valence-corrected chi connectivity index (χ2v) is 4.73. The van der Waals surface area contributed by atoms with Gasteiger partial charge in [0.2, 0.25) is 5.82 Å². The first-order valence-electron chi connectivity index (χ1n) is 5.53. The Morgan fingerprint density at radius 2 is 2.41 bits per heavy atom. The van der Waals surface area contributed by atoms with Gasteiger partial charge in [0.1, 0.15) is 6.10 Å². The van der Waals surface area contributed by atoms with Crippen LogP contribution in [0.3, 0.4) is 0 Å². The van der Waals surface area contributed by atoms with Gasteiger partial charge in [0, 0.05) is 18.5 Å². The monoisotopic (exact) mass is 251 g/mol. The van der Waals surface area contributed by atoms with E-state index in [0.29, 0.717) is 18.3 Å². The average Bonchev–Trinajstić information content (AvgIpc) is 2.98. The summed E-state index contributed by atoms with van der Waals surface area (Å²) >= 11 is 1.63. The Bertz CT molecular complexity index is 502. The maximum absolute atomic E-state index is 5.58. The van der Waals surface area contributed by atoms with Crippen molar-refractivity contribution in [2.45, 2.75) is 13.0 Å². The summed E-state index contributed by atoms with van der Waals surface area (Å²) < 4.78 is 10.9. The lowest BCUT2D eigenvalue weighted by molar-refractivity contribution is 0.0208. The summed E-state index contributed by atoms with van der Waals surface area (Å²) in [6, 6.07) is 0. The average molecular weight is 251 g/mol. The molecule has 90 valence electrons. The van der Waals surface area contributed by atoms with Gasteiger partial charge in [0.15, 0.2) is 0 Å². The predicted molar refractivity (Wildman–Crippen MR) is 63.9 cm³/mol. The SMILES string of the molecule is Cc1cscc1-c1nc(C2CNCCO2)no1. The number of hydrogen-bond donors (Lipinski definition) is 1. The molecule has 0 saturated carbocycles. The molecule has 1 unspecified atom stereocenters. The molecule has 1 N–H and O–H groups in total. The number of rotatable bonds is 2. The van der Waals surface area contributed by atoms with E-state index in [9.17, 15) is 0 Å². The summed E-state index contributed by atoms with van der Waals surface area (Å²) in [6.45, 7) is 4.34. The normalized spacial score (nSPS) is 20.6. The van der Waals surface area contributed by atoms with Crippen molar-refractivity contribution in [2.75, 3.05) is 19.7 Å². The van der Waals surface area contributed by atoms with Gasteiger partial charge in [-0.2, -0.15) is 16.3 Å². The van der Waals surface area contributed by atoms with Crippen molar-refractivity contribution in [1.82, 2.24) is 15.5 Å². The van der Waals surface area contributed by atoms with Crippen LogP contribution in [-0.2, 0) is 4.74 Å². The first-order chi connectivity index (χ1) is 8.34. The Kier molecular flexibility index (Phi) is 2.92. The van der Waals surface area contributed by atoms with Gasteiger partial charge in [-0.05, 0) is 17.9 Å². The standard InChI is InChI=1S/C11H13N3O2S/c1-7-5-17-6-8(7)11-13-10(14-16-11)9-4-12-2-3-15-9/h5-6,9,12H,2-4H2,1H3. The quantitative estimate of drug-likeness (QED) is 0.881. The molecule has 1 fully saturated rings. The van der Waals surface area contributed by atoms with Crippen LogP contribution in [0.25, 0.3) is 11.5 Å². The molecule has 0 bridgehead atoms. The van der Waals surface area contributed by atoms with Crippen LogP contribution >= 0.6 is 11.3 Å². The maximum Gasteiger partial charge on any atom is 0.259 e. The van der Waals surface area contributed by atoms with E-state index in [4.69, 9.17) is 9.26 Å². The topological polar surface area (TPSA) is 60.2 Å². The van der Waals surface area contributed by atoms with E-state index in [1.54, 1.807) is 11.3 Å². The fourth-order valence-corrected chi connectivity index (χ4v) is 2.61. The summed E-state index contributed by atoms with van der Waals surface area (Å²) in [4.78, 5) is 4.40. The Labute approximate surface area is 103 Å². The lowest BCUT2D eigenvalue weighted by atomic mass is 10.2. The highest BCUT2D eigenvalue weighted by Gasteiger charge is 2.22. The van der Waals surface area contributed by atoms with E-state index >= 15 is 0 Å². The first-order valence-corrected chi connectivity index (χ1v) is 6.48. The van der Waals surface area contributed by atoms with Gasteiger partial charge in [-0.1, -0.05) is 5.16 Å². The minimum Gasteiger partial charge on any atom is -0.367 e. The molecule has 0 aliphatic carbocycles. The van der Waals surface area contributed by atoms with Crippen molar-refractivity contribution in [3.8, 4) is 11.5 Å². The number of nitrogens with zero attached hydrogens (tertiary/aromatic N) is 2. The molecular weight excluding hydrogens is 238 g/mol. The van der Waals surface area contributed by atoms with Crippen LogP contribution in [0.15, 0.2) is 15.3 Å². The van der Waals surface area contributed by atoms with Crippen molar-refractivity contribution in [3.63, 3.8) is 0 Å². The van der Waals surface area contributed by atoms with Gasteiger partial charge in [0.25, 0.3) is 5.89 Å². The molecule has 0 spiro atoms. The Hall–Kier alpha value is -1.24. The van der Waals surface area contributed by atoms with Crippen molar-refractivity contribution in [1.29, 1.82) is 0 Å². The molecule has 0 aromatic carbocycles. The molecule has 5 nitrogen and oxygen atoms in total. The van der Waals surface area contributed by atoms with Gasteiger partial charge in [-0.15, -0.1) is 0 Å². The van der Waals surface area contributed by atoms with Crippen LogP contribution < -0.4 is 5.32 Å². The van der Waals surface area contributed by atoms with E-state index < -0.39 is 0 Å². The predicted octanol–water partition coefficient (Wildman–Crippen LogP) is 1.77. The number of thiophene rings is 1. The van der Waals surface area contributed by atoms with Crippen molar-refractivity contribution in [2.24, 2.45) is 0 Å². The van der Waals surface area contributed by atoms with Crippen LogP contribution in [0.4, 0.5) is 0 Å². The largest absolute Gasteiger partial charge is 0.367 e. The van der Waals surface area contributed by atoms with Crippen LogP contribution in [0.5, 0.6) is 0 Å². The Balaban J connectivity index is 1.85. The van der Waals surface area contributed by atoms with E-state index in [0.717, 1.165) is 24.2 Å². The van der Waals surface area contributed by atoms with E-state index in [-0.39, 0.29) is 6.10 Å². The van der Waals surface area contributed by atoms with Gasteiger partial charge in [-0.25, -0.2) is 0 Å². The number of ether oxygens (including phenoxy) is 1. The van der Waals surface area contributed by atoms with Crippen LogP contribution in [-0.4, -0.2) is 29.8 Å². The molecule has 2 aromatic rings. The molecule has 2 aromatic heterocycles. The Morgan fingerprint density at radius 3 is 3.12 bits per heavy atom. The summed E-state index contributed by atoms with van der Waals surface area (Å²) in [5.74, 6) is 1.20. The molecule has 0 radical (unpaired) electrons. The fraction of sp³-hybridized carbons (Fsp3) is 0.455. The third kappa shape index (κ3) is 2.11. The number of morpholine rings is 1. The molecule has 1 aliphatic rings. The Morgan fingerprint density at radius 1 is 1.47 bits per heavy atom. The summed E-state index contributed by atoms with van der Waals surface area (Å²) in [5.41, 5.74) is 2.17. The molecule has 1 atom stereocenters. The second kappa shape index (κ2) is 4.56. The fourth-order valence-electron chi connectivity index (χ4n) is 1.79. The molecule has 1 saturated heterocycles. The minimum atomic E-state index is -0.0970. The molecule has 3 rings (SSSR count). The number of aryl methyl sites for hydroxylation is 1.